The molecule has 0 radical (unpaired) electrons. The van der Waals surface area contributed by atoms with Gasteiger partial charge in [0.25, 0.3) is 0 Å². The first-order valence-electron chi connectivity index (χ1n) is 25.0. The van der Waals surface area contributed by atoms with Crippen LogP contribution >= 0.6 is 0 Å². The van der Waals surface area contributed by atoms with Crippen LogP contribution in [0.5, 0.6) is 5.75 Å². The van der Waals surface area contributed by atoms with Gasteiger partial charge < -0.3 is 45.4 Å². The Morgan fingerprint density at radius 2 is 0.932 bits per heavy atom. The number of aromatic nitrogens is 3. The molecule has 3 aromatic heterocycles. The zero-order valence-corrected chi connectivity index (χ0v) is 43.6. The molecule has 4 heterocycles. The average Bonchev–Trinajstić information content (AvgIpc) is 3.40. The highest BCUT2D eigenvalue weighted by molar-refractivity contribution is 5.86. The van der Waals surface area contributed by atoms with E-state index in [1.807, 2.05) is 84.8 Å². The van der Waals surface area contributed by atoms with E-state index in [1.165, 1.54) is 12.1 Å². The molecule has 1 aliphatic rings. The van der Waals surface area contributed by atoms with Gasteiger partial charge in [-0.15, -0.1) is 0 Å². The fourth-order valence-electron chi connectivity index (χ4n) is 8.23. The van der Waals surface area contributed by atoms with Crippen LogP contribution in [0.4, 0.5) is 0 Å². The van der Waals surface area contributed by atoms with E-state index in [-0.39, 0.29) is 41.7 Å². The van der Waals surface area contributed by atoms with E-state index in [0.717, 1.165) is 36.4 Å². The first-order chi connectivity index (χ1) is 34.6. The number of quaternary nitrogens is 2. The summed E-state index contributed by atoms with van der Waals surface area (Å²) in [5.41, 5.74) is 10.1. The fourth-order valence-corrected chi connectivity index (χ4v) is 8.23. The number of carbonyl (C=O) groups excluding carboxylic acids is 2. The highest BCUT2D eigenvalue weighted by atomic mass is 16.5. The number of likely N-dealkylation sites (N-methyl/N-ethyl adjacent to an activating group) is 2. The van der Waals surface area contributed by atoms with E-state index in [9.17, 15) is 39.3 Å². The number of aromatic carboxylic acids is 3. The highest BCUT2D eigenvalue weighted by Gasteiger charge is 2.22. The number of aryl methyl sites for hydroxylation is 2. The minimum atomic E-state index is -1.17. The summed E-state index contributed by atoms with van der Waals surface area (Å²) in [5, 5.41) is 36.3. The first-order valence-corrected chi connectivity index (χ1v) is 25.0. The number of hydrogen-bond donors (Lipinski definition) is 6. The lowest BCUT2D eigenvalue weighted by Crippen LogP contribution is -2.41. The van der Waals surface area contributed by atoms with Gasteiger partial charge >= 0.3 is 17.9 Å². The van der Waals surface area contributed by atoms with Crippen LogP contribution in [-0.2, 0) is 48.5 Å². The Bertz CT molecular complexity index is 2380. The molecule has 0 bridgehead atoms. The first kappa shape index (κ1) is 57.5. The van der Waals surface area contributed by atoms with E-state index >= 15 is 0 Å². The molecule has 4 aromatic rings. The highest BCUT2D eigenvalue weighted by Crippen LogP contribution is 2.20. The number of benzene rings is 1. The van der Waals surface area contributed by atoms with Crippen LogP contribution in [0.1, 0.15) is 90.1 Å². The molecule has 1 fully saturated rings. The number of nitrogens with zero attached hydrogens (tertiary/aromatic N) is 8. The van der Waals surface area contributed by atoms with Crippen molar-refractivity contribution in [3.8, 4) is 5.75 Å². The molecule has 396 valence electrons. The predicted octanol–water partition coefficient (Wildman–Crippen LogP) is 2.61. The molecule has 0 saturated carbocycles. The summed E-state index contributed by atoms with van der Waals surface area (Å²) < 4.78 is 7.17. The maximum absolute atomic E-state index is 12.8. The van der Waals surface area contributed by atoms with Crippen LogP contribution in [0, 0.1) is 0 Å². The quantitative estimate of drug-likeness (QED) is 0.0371. The summed E-state index contributed by atoms with van der Waals surface area (Å²) in [7, 11) is 12.3. The number of hydrogen-bond acceptors (Lipinski definition) is 13. The van der Waals surface area contributed by atoms with Crippen molar-refractivity contribution in [3.63, 3.8) is 0 Å². The Morgan fingerprint density at radius 1 is 0.562 bits per heavy atom. The van der Waals surface area contributed by atoms with Crippen LogP contribution in [-0.4, -0.2) is 205 Å². The number of nitrogens with two attached hydrogens (primary N) is 1. The van der Waals surface area contributed by atoms with E-state index in [0.29, 0.717) is 142 Å². The third-order valence-corrected chi connectivity index (χ3v) is 12.3. The largest absolute Gasteiger partial charge is 0.494 e. The molecule has 2 amide bonds. The zero-order valence-electron chi connectivity index (χ0n) is 43.6. The standard InChI is InChI=1S/C53H75N11O9/c1-63(2,3)25-17-55-49(65)14-10-39-29-42(57-46(32-39)51(67)68)35-60-19-20-61(36-43-30-40(33-47(58-43)52(69)70)11-15-50(66)56-18-26-64(4,5)6)22-24-62(23-21-60)37-44-31-41(34-48(59-44)53(71)72)28-38-8-12-45(13-9-38)73-27-7-16-54/h8-9,12-13,29-34H,7,10-11,14-28,35-37,54H2,1-6H3,(H3-2,55,56,65,66,67,68,69,70,71,72)/p+2. The van der Waals surface area contributed by atoms with Gasteiger partial charge in [0.05, 0.1) is 92.2 Å². The molecule has 5 rings (SSSR count). The smallest absolute Gasteiger partial charge is 0.354 e. The number of carboxylic acid groups (broad SMARTS) is 3. The lowest BCUT2D eigenvalue weighted by atomic mass is 10.0. The molecular formula is C53H77N11O9+2. The molecule has 1 saturated heterocycles. The van der Waals surface area contributed by atoms with Gasteiger partial charge in [0.1, 0.15) is 22.8 Å². The second-order valence-electron chi connectivity index (χ2n) is 20.8. The fraction of sp³-hybridized carbons (Fsp3) is 0.509. The Balaban J connectivity index is 1.39. The average molecular weight is 1010 g/mol. The van der Waals surface area contributed by atoms with Crippen molar-refractivity contribution in [3.05, 3.63) is 117 Å². The zero-order chi connectivity index (χ0) is 53.1. The van der Waals surface area contributed by atoms with Gasteiger partial charge in [-0.2, -0.15) is 0 Å². The number of nitrogens with one attached hydrogen (secondary N) is 2. The second kappa shape index (κ2) is 27.6. The monoisotopic (exact) mass is 1010 g/mol. The van der Waals surface area contributed by atoms with E-state index < -0.39 is 17.9 Å². The van der Waals surface area contributed by atoms with Gasteiger partial charge in [-0.1, -0.05) is 12.1 Å². The molecule has 0 unspecified atom stereocenters. The third-order valence-electron chi connectivity index (χ3n) is 12.3. The van der Waals surface area contributed by atoms with Crippen molar-refractivity contribution in [2.75, 3.05) is 121 Å². The normalized spacial score (nSPS) is 14.2. The number of ether oxygens (including phenoxy) is 1. The molecular weight excluding hydrogens is 935 g/mol. The molecule has 0 aliphatic carbocycles. The van der Waals surface area contributed by atoms with Crippen LogP contribution in [0.2, 0.25) is 0 Å². The summed E-state index contributed by atoms with van der Waals surface area (Å²) >= 11 is 0. The summed E-state index contributed by atoms with van der Waals surface area (Å²) in [6.45, 7) is 7.76. The number of carboxylic acids is 3. The van der Waals surface area contributed by atoms with Crippen molar-refractivity contribution in [2.45, 2.75) is 58.2 Å². The minimum absolute atomic E-state index is 0.0644. The lowest BCUT2D eigenvalue weighted by Gasteiger charge is -2.26. The molecule has 1 aliphatic heterocycles. The van der Waals surface area contributed by atoms with E-state index in [2.05, 4.69) is 40.3 Å². The van der Waals surface area contributed by atoms with Crippen LogP contribution in [0.25, 0.3) is 0 Å². The van der Waals surface area contributed by atoms with Gasteiger partial charge in [0, 0.05) is 71.7 Å². The summed E-state index contributed by atoms with van der Waals surface area (Å²) in [4.78, 5) is 82.9. The number of rotatable bonds is 27. The third kappa shape index (κ3) is 21.3. The summed E-state index contributed by atoms with van der Waals surface area (Å²) in [6, 6.07) is 17.9. The molecule has 1 aromatic carbocycles. The maximum atomic E-state index is 12.8. The van der Waals surface area contributed by atoms with Crippen molar-refractivity contribution < 1.29 is 53.0 Å². The van der Waals surface area contributed by atoms with Gasteiger partial charge in [-0.25, -0.2) is 29.3 Å². The summed E-state index contributed by atoms with van der Waals surface area (Å²) in [5.74, 6) is -3.00. The molecule has 7 N–H and O–H groups in total. The van der Waals surface area contributed by atoms with Crippen molar-refractivity contribution >= 4 is 29.7 Å². The van der Waals surface area contributed by atoms with Gasteiger partial charge in [0.2, 0.25) is 11.8 Å². The van der Waals surface area contributed by atoms with Crippen molar-refractivity contribution in [1.82, 2.24) is 40.3 Å². The topological polar surface area (TPSA) is 254 Å². The molecule has 73 heavy (non-hydrogen) atoms. The Hall–Kier alpha value is -6.42. The van der Waals surface area contributed by atoms with Crippen LogP contribution in [0.15, 0.2) is 60.7 Å². The number of amides is 2. The van der Waals surface area contributed by atoms with Gasteiger partial charge in [-0.05, 0) is 103 Å². The van der Waals surface area contributed by atoms with E-state index in [4.69, 9.17) is 10.5 Å². The number of pyridine rings is 3. The van der Waals surface area contributed by atoms with Crippen molar-refractivity contribution in [2.24, 2.45) is 5.73 Å². The Labute approximate surface area is 429 Å². The van der Waals surface area contributed by atoms with Crippen LogP contribution < -0.4 is 21.1 Å². The maximum Gasteiger partial charge on any atom is 0.354 e. The molecule has 20 nitrogen and oxygen atoms in total. The van der Waals surface area contributed by atoms with Gasteiger partial charge in [0.15, 0.2) is 0 Å². The molecule has 0 atom stereocenters. The minimum Gasteiger partial charge on any atom is -0.494 e. The molecule has 0 spiro atoms. The van der Waals surface area contributed by atoms with Gasteiger partial charge in [-0.3, -0.25) is 24.3 Å². The second-order valence-corrected chi connectivity index (χ2v) is 20.8. The Morgan fingerprint density at radius 3 is 1.29 bits per heavy atom. The summed E-state index contributed by atoms with van der Waals surface area (Å²) in [6.07, 6.45) is 2.25. The predicted molar refractivity (Wildman–Crippen MR) is 276 cm³/mol. The molecule has 20 heteroatoms. The van der Waals surface area contributed by atoms with Crippen molar-refractivity contribution in [1.29, 1.82) is 0 Å². The van der Waals surface area contributed by atoms with Crippen LogP contribution in [0.3, 0.4) is 0 Å². The van der Waals surface area contributed by atoms with E-state index in [1.54, 1.807) is 6.07 Å². The SMILES string of the molecule is C[N+](C)(C)CCNC(=O)CCc1cc(CN2CCN(Cc3cc(CCC(=O)NCC[N+](C)(C)C)cc(C(=O)O)n3)CCN(Cc3cc(Cc4ccc(OCCCN)cc4)cc(C(=O)O)n3)CC2)nc(C(=O)O)c1. The number of carbonyl (C=O) groups is 5. The lowest BCUT2D eigenvalue weighted by molar-refractivity contribution is -0.869. The Kier molecular flexibility index (Phi) is 21.7.